The summed E-state index contributed by atoms with van der Waals surface area (Å²) in [6.45, 7) is 0.593. The van der Waals surface area contributed by atoms with Gasteiger partial charge in [-0.2, -0.15) is 11.8 Å². The van der Waals surface area contributed by atoms with Gasteiger partial charge in [0.2, 0.25) is 5.91 Å². The van der Waals surface area contributed by atoms with Crippen molar-refractivity contribution in [2.45, 2.75) is 5.75 Å². The fraction of sp³-hybridized carbons (Fsp3) is 0.222. The molecule has 1 heterocycles. The van der Waals surface area contributed by atoms with Gasteiger partial charge in [-0.1, -0.05) is 12.1 Å². The Morgan fingerprint density at radius 3 is 2.71 bits per heavy atom. The normalized spacial score (nSPS) is 10.7. The predicted molar refractivity (Wildman–Crippen MR) is 94.7 cm³/mol. The number of thioether (sulfide) groups is 1. The van der Waals surface area contributed by atoms with Gasteiger partial charge in [0.1, 0.15) is 5.76 Å². The standard InChI is InChI=1S/C18H19NO4S/c1-22-18(21)15-7-4-14(5-8-15)6-9-17(20)19-10-12-24-13-16-3-2-11-23-16/h2-9,11H,10,12-13H2,1H3,(H,19,20)/b9-6+. The zero-order valence-electron chi connectivity index (χ0n) is 13.4. The molecule has 0 fully saturated rings. The lowest BCUT2D eigenvalue weighted by Crippen LogP contribution is -2.23. The molecule has 1 amide bonds. The summed E-state index contributed by atoms with van der Waals surface area (Å²) >= 11 is 1.70. The van der Waals surface area contributed by atoms with E-state index in [4.69, 9.17) is 4.42 Å². The first-order valence-electron chi connectivity index (χ1n) is 7.43. The molecule has 6 heteroatoms. The van der Waals surface area contributed by atoms with E-state index in [-0.39, 0.29) is 11.9 Å². The van der Waals surface area contributed by atoms with Gasteiger partial charge in [0.25, 0.3) is 0 Å². The van der Waals surface area contributed by atoms with E-state index < -0.39 is 0 Å². The minimum atomic E-state index is -0.379. The number of hydrogen-bond acceptors (Lipinski definition) is 5. The molecule has 0 unspecified atom stereocenters. The van der Waals surface area contributed by atoms with Crippen LogP contribution in [0.1, 0.15) is 21.7 Å². The second kappa shape index (κ2) is 9.62. The molecule has 0 atom stereocenters. The number of carbonyl (C=O) groups is 2. The quantitative estimate of drug-likeness (QED) is 0.452. The van der Waals surface area contributed by atoms with Crippen molar-refractivity contribution in [3.05, 3.63) is 65.6 Å². The first kappa shape index (κ1) is 17.9. The summed E-state index contributed by atoms with van der Waals surface area (Å²) in [4.78, 5) is 23.1. The highest BCUT2D eigenvalue weighted by atomic mass is 32.2. The summed E-state index contributed by atoms with van der Waals surface area (Å²) < 4.78 is 9.86. The molecule has 0 spiro atoms. The molecule has 0 saturated carbocycles. The highest BCUT2D eigenvalue weighted by Gasteiger charge is 2.03. The number of carbonyl (C=O) groups excluding carboxylic acids is 2. The topological polar surface area (TPSA) is 68.5 Å². The first-order chi connectivity index (χ1) is 11.7. The summed E-state index contributed by atoms with van der Waals surface area (Å²) in [5.41, 5.74) is 1.32. The van der Waals surface area contributed by atoms with Crippen LogP contribution in [0, 0.1) is 0 Å². The van der Waals surface area contributed by atoms with Gasteiger partial charge in [0, 0.05) is 18.4 Å². The molecule has 0 aliphatic heterocycles. The lowest BCUT2D eigenvalue weighted by atomic mass is 10.1. The third kappa shape index (κ3) is 5.96. The SMILES string of the molecule is COC(=O)c1ccc(/C=C/C(=O)NCCSCc2ccco2)cc1. The monoisotopic (exact) mass is 345 g/mol. The Morgan fingerprint density at radius 2 is 2.04 bits per heavy atom. The lowest BCUT2D eigenvalue weighted by molar-refractivity contribution is -0.116. The molecule has 0 bridgehead atoms. The molecular formula is C18H19NO4S. The van der Waals surface area contributed by atoms with Crippen molar-refractivity contribution in [2.75, 3.05) is 19.4 Å². The number of rotatable bonds is 8. The Morgan fingerprint density at radius 1 is 1.25 bits per heavy atom. The van der Waals surface area contributed by atoms with E-state index >= 15 is 0 Å². The van der Waals surface area contributed by atoms with Crippen molar-refractivity contribution in [3.63, 3.8) is 0 Å². The minimum Gasteiger partial charge on any atom is -0.468 e. The van der Waals surface area contributed by atoms with Crippen LogP contribution in [0.4, 0.5) is 0 Å². The van der Waals surface area contributed by atoms with E-state index in [2.05, 4.69) is 10.1 Å². The van der Waals surface area contributed by atoms with Gasteiger partial charge in [0.05, 0.1) is 24.7 Å². The van der Waals surface area contributed by atoms with Crippen molar-refractivity contribution in [2.24, 2.45) is 0 Å². The number of amides is 1. The number of methoxy groups -OCH3 is 1. The van der Waals surface area contributed by atoms with Gasteiger partial charge in [-0.3, -0.25) is 4.79 Å². The predicted octanol–water partition coefficient (Wildman–Crippen LogP) is 3.13. The number of esters is 1. The number of furan rings is 1. The molecule has 0 aliphatic rings. The zero-order chi connectivity index (χ0) is 17.2. The number of benzene rings is 1. The van der Waals surface area contributed by atoms with Crippen LogP contribution in [0.15, 0.2) is 53.2 Å². The first-order valence-corrected chi connectivity index (χ1v) is 8.59. The van der Waals surface area contributed by atoms with Crippen LogP contribution in [0.2, 0.25) is 0 Å². The van der Waals surface area contributed by atoms with Gasteiger partial charge in [-0.25, -0.2) is 4.79 Å². The van der Waals surface area contributed by atoms with E-state index in [0.717, 1.165) is 22.8 Å². The second-order valence-electron chi connectivity index (χ2n) is 4.87. The Hall–Kier alpha value is -2.47. The van der Waals surface area contributed by atoms with Gasteiger partial charge in [0.15, 0.2) is 0 Å². The van der Waals surface area contributed by atoms with E-state index in [1.165, 1.54) is 13.2 Å². The Labute approximate surface area is 145 Å². The molecule has 1 aromatic heterocycles. The Bertz CT molecular complexity index is 678. The van der Waals surface area contributed by atoms with Gasteiger partial charge in [-0.05, 0) is 35.9 Å². The average Bonchev–Trinajstić information content (AvgIpc) is 3.13. The van der Waals surface area contributed by atoms with Crippen LogP contribution in [0.3, 0.4) is 0 Å². The molecule has 5 nitrogen and oxygen atoms in total. The van der Waals surface area contributed by atoms with Crippen LogP contribution in [0.5, 0.6) is 0 Å². The van der Waals surface area contributed by atoms with Crippen LogP contribution in [0.25, 0.3) is 6.08 Å². The lowest BCUT2D eigenvalue weighted by Gasteiger charge is -2.02. The molecule has 0 radical (unpaired) electrons. The largest absolute Gasteiger partial charge is 0.468 e. The second-order valence-corrected chi connectivity index (χ2v) is 5.98. The van der Waals surface area contributed by atoms with Crippen LogP contribution < -0.4 is 5.32 Å². The molecule has 2 aromatic rings. The van der Waals surface area contributed by atoms with Crippen molar-refractivity contribution >= 4 is 29.7 Å². The van der Waals surface area contributed by atoms with Crippen molar-refractivity contribution in [3.8, 4) is 0 Å². The number of hydrogen-bond donors (Lipinski definition) is 1. The summed E-state index contributed by atoms with van der Waals surface area (Å²) in [5.74, 6) is 2.02. The van der Waals surface area contributed by atoms with Crippen LogP contribution in [-0.2, 0) is 15.3 Å². The summed E-state index contributed by atoms with van der Waals surface area (Å²) in [7, 11) is 1.34. The molecule has 2 rings (SSSR count). The molecule has 0 aliphatic carbocycles. The fourth-order valence-corrected chi connectivity index (χ4v) is 2.65. The summed E-state index contributed by atoms with van der Waals surface area (Å²) in [6.07, 6.45) is 4.83. The fourth-order valence-electron chi connectivity index (χ4n) is 1.89. The Kier molecular flexibility index (Phi) is 7.17. The smallest absolute Gasteiger partial charge is 0.337 e. The highest BCUT2D eigenvalue weighted by Crippen LogP contribution is 2.11. The minimum absolute atomic E-state index is 0.148. The van der Waals surface area contributed by atoms with Crippen LogP contribution >= 0.6 is 11.8 Å². The Balaban J connectivity index is 1.67. The van der Waals surface area contributed by atoms with Gasteiger partial charge < -0.3 is 14.5 Å². The maximum absolute atomic E-state index is 11.7. The van der Waals surface area contributed by atoms with E-state index in [1.807, 2.05) is 12.1 Å². The number of nitrogens with one attached hydrogen (secondary N) is 1. The molecule has 126 valence electrons. The highest BCUT2D eigenvalue weighted by molar-refractivity contribution is 7.98. The molecular weight excluding hydrogens is 326 g/mol. The zero-order valence-corrected chi connectivity index (χ0v) is 14.2. The van der Waals surface area contributed by atoms with E-state index in [0.29, 0.717) is 12.1 Å². The third-order valence-corrected chi connectivity index (χ3v) is 4.11. The number of ether oxygens (including phenoxy) is 1. The van der Waals surface area contributed by atoms with Crippen molar-refractivity contribution in [1.82, 2.24) is 5.32 Å². The van der Waals surface area contributed by atoms with Crippen molar-refractivity contribution < 1.29 is 18.7 Å². The van der Waals surface area contributed by atoms with Gasteiger partial charge >= 0.3 is 5.97 Å². The van der Waals surface area contributed by atoms with E-state index in [1.54, 1.807) is 48.4 Å². The maximum atomic E-state index is 11.7. The average molecular weight is 345 g/mol. The third-order valence-electron chi connectivity index (χ3n) is 3.13. The molecule has 24 heavy (non-hydrogen) atoms. The molecule has 0 saturated heterocycles. The maximum Gasteiger partial charge on any atom is 0.337 e. The van der Waals surface area contributed by atoms with E-state index in [9.17, 15) is 9.59 Å². The summed E-state index contributed by atoms with van der Waals surface area (Å²) in [5, 5.41) is 2.82. The van der Waals surface area contributed by atoms with Gasteiger partial charge in [-0.15, -0.1) is 0 Å². The molecule has 1 N–H and O–H groups in total. The van der Waals surface area contributed by atoms with Crippen LogP contribution in [-0.4, -0.2) is 31.3 Å². The summed E-state index contributed by atoms with van der Waals surface area (Å²) in [6, 6.07) is 10.6. The van der Waals surface area contributed by atoms with Crippen molar-refractivity contribution in [1.29, 1.82) is 0 Å². The molecule has 1 aromatic carbocycles.